The molecule has 1 aromatic heterocycles. The van der Waals surface area contributed by atoms with E-state index in [4.69, 9.17) is 0 Å². The highest BCUT2D eigenvalue weighted by Crippen LogP contribution is 2.30. The van der Waals surface area contributed by atoms with Gasteiger partial charge in [0.25, 0.3) is 0 Å². The van der Waals surface area contributed by atoms with E-state index in [2.05, 4.69) is 39.6 Å². The predicted molar refractivity (Wildman–Crippen MR) is 80.2 cm³/mol. The van der Waals surface area contributed by atoms with Gasteiger partial charge in [0, 0.05) is 43.3 Å². The number of nitrogens with one attached hydrogen (secondary N) is 1. The zero-order valence-electron chi connectivity index (χ0n) is 11.6. The summed E-state index contributed by atoms with van der Waals surface area (Å²) in [4.78, 5) is 2.63. The second-order valence-electron chi connectivity index (χ2n) is 5.85. The summed E-state index contributed by atoms with van der Waals surface area (Å²) < 4.78 is 1.88. The third kappa shape index (κ3) is 2.43. The van der Waals surface area contributed by atoms with Crippen molar-refractivity contribution in [1.29, 1.82) is 0 Å². The first-order chi connectivity index (χ1) is 9.88. The van der Waals surface area contributed by atoms with Crippen LogP contribution in [0.5, 0.6) is 0 Å². The SMILES string of the molecule is c1cnn(-c2ccc(NC3CCN(C4CC4)C3)cc2)c1. The Hall–Kier alpha value is -1.81. The molecular formula is C16H20N4. The molecule has 0 spiro atoms. The van der Waals surface area contributed by atoms with Crippen LogP contribution in [0.1, 0.15) is 19.3 Å². The third-order valence-corrected chi connectivity index (χ3v) is 4.29. The van der Waals surface area contributed by atoms with Crippen molar-refractivity contribution < 1.29 is 0 Å². The van der Waals surface area contributed by atoms with Gasteiger partial charge in [-0.05, 0) is 49.6 Å². The van der Waals surface area contributed by atoms with Crippen molar-refractivity contribution in [2.45, 2.75) is 31.3 Å². The lowest BCUT2D eigenvalue weighted by atomic mass is 10.2. The number of rotatable bonds is 4. The Labute approximate surface area is 119 Å². The summed E-state index contributed by atoms with van der Waals surface area (Å²) in [6.45, 7) is 2.46. The van der Waals surface area contributed by atoms with Crippen molar-refractivity contribution in [3.05, 3.63) is 42.7 Å². The molecule has 2 fully saturated rings. The summed E-state index contributed by atoms with van der Waals surface area (Å²) in [5, 5.41) is 7.90. The normalized spacial score (nSPS) is 23.1. The van der Waals surface area contributed by atoms with Crippen molar-refractivity contribution in [3.63, 3.8) is 0 Å². The number of anilines is 1. The van der Waals surface area contributed by atoms with Gasteiger partial charge in [0.2, 0.25) is 0 Å². The van der Waals surface area contributed by atoms with Gasteiger partial charge in [0.05, 0.1) is 5.69 Å². The highest BCUT2D eigenvalue weighted by molar-refractivity contribution is 5.49. The minimum Gasteiger partial charge on any atom is -0.381 e. The monoisotopic (exact) mass is 268 g/mol. The molecule has 1 aliphatic carbocycles. The molecule has 1 aliphatic heterocycles. The van der Waals surface area contributed by atoms with Crippen LogP contribution in [0, 0.1) is 0 Å². The van der Waals surface area contributed by atoms with E-state index < -0.39 is 0 Å². The van der Waals surface area contributed by atoms with Gasteiger partial charge in [-0.3, -0.25) is 4.90 Å². The first-order valence-electron chi connectivity index (χ1n) is 7.49. The van der Waals surface area contributed by atoms with Crippen LogP contribution >= 0.6 is 0 Å². The predicted octanol–water partition coefficient (Wildman–Crippen LogP) is 2.52. The maximum Gasteiger partial charge on any atom is 0.0647 e. The molecule has 0 bridgehead atoms. The Balaban J connectivity index is 1.39. The van der Waals surface area contributed by atoms with Gasteiger partial charge in [0.1, 0.15) is 0 Å². The number of benzene rings is 1. The number of nitrogens with zero attached hydrogens (tertiary/aromatic N) is 3. The average molecular weight is 268 g/mol. The Morgan fingerprint density at radius 1 is 1.10 bits per heavy atom. The van der Waals surface area contributed by atoms with Crippen LogP contribution in [0.15, 0.2) is 42.7 Å². The van der Waals surface area contributed by atoms with Crippen LogP contribution in [0.3, 0.4) is 0 Å². The molecule has 2 aromatic rings. The van der Waals surface area contributed by atoms with Gasteiger partial charge in [0.15, 0.2) is 0 Å². The summed E-state index contributed by atoms with van der Waals surface area (Å²) in [5.74, 6) is 0. The minimum absolute atomic E-state index is 0.603. The van der Waals surface area contributed by atoms with Crippen molar-refractivity contribution in [2.24, 2.45) is 0 Å². The van der Waals surface area contributed by atoms with Gasteiger partial charge in [-0.1, -0.05) is 0 Å². The Kier molecular flexibility index (Phi) is 2.96. The zero-order valence-corrected chi connectivity index (χ0v) is 11.6. The smallest absolute Gasteiger partial charge is 0.0647 e. The largest absolute Gasteiger partial charge is 0.381 e. The first-order valence-corrected chi connectivity index (χ1v) is 7.49. The van der Waals surface area contributed by atoms with Crippen LogP contribution in [0.2, 0.25) is 0 Å². The van der Waals surface area contributed by atoms with Gasteiger partial charge < -0.3 is 5.32 Å². The first kappa shape index (κ1) is 12.0. The summed E-state index contributed by atoms with van der Waals surface area (Å²) in [6.07, 6.45) is 7.85. The van der Waals surface area contributed by atoms with E-state index in [1.165, 1.54) is 38.0 Å². The van der Waals surface area contributed by atoms with Crippen LogP contribution in [0.25, 0.3) is 5.69 Å². The Bertz CT molecular complexity index is 557. The van der Waals surface area contributed by atoms with Crippen molar-refractivity contribution >= 4 is 5.69 Å². The number of likely N-dealkylation sites (tertiary alicyclic amines) is 1. The fourth-order valence-electron chi connectivity index (χ4n) is 3.04. The van der Waals surface area contributed by atoms with Crippen LogP contribution in [0.4, 0.5) is 5.69 Å². The van der Waals surface area contributed by atoms with Gasteiger partial charge >= 0.3 is 0 Å². The van der Waals surface area contributed by atoms with Gasteiger partial charge in [-0.2, -0.15) is 5.10 Å². The molecular weight excluding hydrogens is 248 g/mol. The van der Waals surface area contributed by atoms with Crippen molar-refractivity contribution in [3.8, 4) is 5.69 Å². The molecule has 4 rings (SSSR count). The van der Waals surface area contributed by atoms with E-state index >= 15 is 0 Å². The van der Waals surface area contributed by atoms with E-state index in [9.17, 15) is 0 Å². The van der Waals surface area contributed by atoms with Crippen molar-refractivity contribution in [1.82, 2.24) is 14.7 Å². The van der Waals surface area contributed by atoms with E-state index in [-0.39, 0.29) is 0 Å². The molecule has 4 nitrogen and oxygen atoms in total. The fourth-order valence-corrected chi connectivity index (χ4v) is 3.04. The molecule has 1 aromatic carbocycles. The number of aromatic nitrogens is 2. The van der Waals surface area contributed by atoms with E-state index in [0.717, 1.165) is 11.7 Å². The lowest BCUT2D eigenvalue weighted by Gasteiger charge is -2.16. The van der Waals surface area contributed by atoms with E-state index in [0.29, 0.717) is 6.04 Å². The highest BCUT2D eigenvalue weighted by atomic mass is 15.3. The molecule has 4 heteroatoms. The number of hydrogen-bond acceptors (Lipinski definition) is 3. The molecule has 1 atom stereocenters. The highest BCUT2D eigenvalue weighted by Gasteiger charge is 2.34. The Morgan fingerprint density at radius 3 is 2.65 bits per heavy atom. The molecule has 20 heavy (non-hydrogen) atoms. The average Bonchev–Trinajstić information content (AvgIpc) is 3.00. The molecule has 2 aliphatic rings. The summed E-state index contributed by atoms with van der Waals surface area (Å²) >= 11 is 0. The van der Waals surface area contributed by atoms with Crippen LogP contribution < -0.4 is 5.32 Å². The zero-order chi connectivity index (χ0) is 13.4. The van der Waals surface area contributed by atoms with Gasteiger partial charge in [-0.25, -0.2) is 4.68 Å². The molecule has 2 heterocycles. The molecule has 1 saturated heterocycles. The lowest BCUT2D eigenvalue weighted by Crippen LogP contribution is -2.27. The van der Waals surface area contributed by atoms with Gasteiger partial charge in [-0.15, -0.1) is 0 Å². The molecule has 0 amide bonds. The van der Waals surface area contributed by atoms with Crippen molar-refractivity contribution in [2.75, 3.05) is 18.4 Å². The lowest BCUT2D eigenvalue weighted by molar-refractivity contribution is 0.326. The molecule has 1 N–H and O–H groups in total. The van der Waals surface area contributed by atoms with E-state index in [1.807, 2.05) is 16.9 Å². The van der Waals surface area contributed by atoms with Crippen LogP contribution in [-0.4, -0.2) is 39.9 Å². The maximum atomic E-state index is 4.25. The molecule has 1 saturated carbocycles. The van der Waals surface area contributed by atoms with Crippen LogP contribution in [-0.2, 0) is 0 Å². The fraction of sp³-hybridized carbons (Fsp3) is 0.438. The molecule has 0 radical (unpaired) electrons. The summed E-state index contributed by atoms with van der Waals surface area (Å²) in [5.41, 5.74) is 2.31. The second-order valence-corrected chi connectivity index (χ2v) is 5.85. The summed E-state index contributed by atoms with van der Waals surface area (Å²) in [7, 11) is 0. The Morgan fingerprint density at radius 2 is 1.95 bits per heavy atom. The maximum absolute atomic E-state index is 4.25. The third-order valence-electron chi connectivity index (χ3n) is 4.29. The summed E-state index contributed by atoms with van der Waals surface area (Å²) in [6, 6.07) is 12.0. The minimum atomic E-state index is 0.603. The standard InChI is InChI=1S/C16H20N4/c1-9-17-20(10-1)16-4-2-13(3-5-16)18-14-8-11-19(12-14)15-6-7-15/h1-5,9-10,14-15,18H,6-8,11-12H2. The number of hydrogen-bond donors (Lipinski definition) is 1. The molecule has 104 valence electrons. The molecule has 1 unspecified atom stereocenters. The quantitative estimate of drug-likeness (QED) is 0.925. The second kappa shape index (κ2) is 4.94. The van der Waals surface area contributed by atoms with E-state index in [1.54, 1.807) is 6.20 Å². The topological polar surface area (TPSA) is 33.1 Å².